The first-order valence-corrected chi connectivity index (χ1v) is 31.5. The van der Waals surface area contributed by atoms with E-state index >= 15 is 0 Å². The van der Waals surface area contributed by atoms with Crippen molar-refractivity contribution in [2.45, 2.75) is 200 Å². The lowest BCUT2D eigenvalue weighted by Gasteiger charge is -2.53. The van der Waals surface area contributed by atoms with E-state index in [-0.39, 0.29) is 50.2 Å². The van der Waals surface area contributed by atoms with Crippen LogP contribution in [0, 0.1) is 0 Å². The van der Waals surface area contributed by atoms with E-state index in [2.05, 4.69) is 296 Å². The molecule has 3 nitrogen and oxygen atoms in total. The van der Waals surface area contributed by atoms with Crippen molar-refractivity contribution >= 4 is 68.6 Å². The Bertz CT molecular complexity index is 3890. The molecular formula is C79H90BN3. The molecule has 1 fully saturated rings. The van der Waals surface area contributed by atoms with Gasteiger partial charge in [0.25, 0.3) is 6.71 Å². The van der Waals surface area contributed by atoms with Crippen molar-refractivity contribution in [1.82, 2.24) is 0 Å². The second-order valence-electron chi connectivity index (χ2n) is 31.5. The average Bonchev–Trinajstić information content (AvgIpc) is 1.77. The van der Waals surface area contributed by atoms with Crippen molar-refractivity contribution in [1.29, 1.82) is 0 Å². The van der Waals surface area contributed by atoms with Gasteiger partial charge in [-0.2, -0.15) is 0 Å². The molecule has 0 aromatic heterocycles. The number of nitrogens with zero attached hydrogens (tertiary/aromatic N) is 3. The Morgan fingerprint density at radius 3 is 1.54 bits per heavy atom. The highest BCUT2D eigenvalue weighted by atomic mass is 15.3. The molecule has 0 amide bonds. The highest BCUT2D eigenvalue weighted by Crippen LogP contribution is 2.65. The zero-order valence-electron chi connectivity index (χ0n) is 53.3. The molecule has 3 heterocycles. The minimum atomic E-state index is -0.301. The van der Waals surface area contributed by atoms with Crippen LogP contribution in [0.25, 0.3) is 11.1 Å². The molecule has 8 aromatic carbocycles. The van der Waals surface area contributed by atoms with Gasteiger partial charge in [0.15, 0.2) is 0 Å². The van der Waals surface area contributed by atoms with Crippen molar-refractivity contribution in [3.63, 3.8) is 0 Å². The molecule has 2 atom stereocenters. The van der Waals surface area contributed by atoms with Gasteiger partial charge in [0.2, 0.25) is 0 Å². The van der Waals surface area contributed by atoms with Crippen LogP contribution >= 0.6 is 0 Å². The Balaban J connectivity index is 1.22. The molecule has 8 aromatic rings. The van der Waals surface area contributed by atoms with Crippen LogP contribution < -0.4 is 31.1 Å². The number of benzene rings is 8. The molecular weight excluding hydrogens is 1000 g/mol. The lowest BCUT2D eigenvalue weighted by Crippen LogP contribution is -2.62. The van der Waals surface area contributed by atoms with E-state index in [1.165, 1.54) is 130 Å². The van der Waals surface area contributed by atoms with Gasteiger partial charge < -0.3 is 14.7 Å². The Morgan fingerprint density at radius 1 is 0.373 bits per heavy atom. The zero-order valence-corrected chi connectivity index (χ0v) is 53.3. The summed E-state index contributed by atoms with van der Waals surface area (Å²) in [4.78, 5) is 8.36. The van der Waals surface area contributed by atoms with Crippen molar-refractivity contribution < 1.29 is 0 Å². The maximum Gasteiger partial charge on any atom is 0.252 e. The smallest absolute Gasteiger partial charge is 0.252 e. The van der Waals surface area contributed by atoms with Crippen LogP contribution in [-0.2, 0) is 37.9 Å². The fraction of sp³-hybridized carbons (Fsp3) is 0.392. The van der Waals surface area contributed by atoms with Gasteiger partial charge in [-0.1, -0.05) is 233 Å². The van der Waals surface area contributed by atoms with Gasteiger partial charge in [0.1, 0.15) is 0 Å². The van der Waals surface area contributed by atoms with Crippen molar-refractivity contribution in [3.8, 4) is 11.1 Å². The topological polar surface area (TPSA) is 9.72 Å². The van der Waals surface area contributed by atoms with Crippen molar-refractivity contribution in [3.05, 3.63) is 208 Å². The second-order valence-corrected chi connectivity index (χ2v) is 31.5. The summed E-state index contributed by atoms with van der Waals surface area (Å²) < 4.78 is 0. The van der Waals surface area contributed by atoms with Crippen LogP contribution in [0.1, 0.15) is 201 Å². The summed E-state index contributed by atoms with van der Waals surface area (Å²) in [5, 5.41) is 0. The minimum Gasteiger partial charge on any atom is -0.334 e. The van der Waals surface area contributed by atoms with Crippen LogP contribution in [-0.4, -0.2) is 12.3 Å². The molecule has 2 unspecified atom stereocenters. The van der Waals surface area contributed by atoms with E-state index in [1.807, 2.05) is 0 Å². The normalized spacial score (nSPS) is 20.5. The highest BCUT2D eigenvalue weighted by molar-refractivity contribution is 7.00. The molecule has 0 N–H and O–H groups in total. The first-order valence-electron chi connectivity index (χ1n) is 31.5. The van der Waals surface area contributed by atoms with Crippen LogP contribution in [0.15, 0.2) is 164 Å². The van der Waals surface area contributed by atoms with Gasteiger partial charge in [-0.3, -0.25) is 0 Å². The first-order chi connectivity index (χ1) is 39.0. The number of fused-ring (bicyclic) bond motifs is 8. The number of hydrogen-bond donors (Lipinski definition) is 0. The third kappa shape index (κ3) is 8.55. The Morgan fingerprint density at radius 2 is 0.904 bits per heavy atom. The summed E-state index contributed by atoms with van der Waals surface area (Å²) >= 11 is 0. The SMILES string of the molecule is CC(C)(C)c1cccc(N2c3cc(C(C)(C)C)ccc3B3c4cc5c(cc4N(c4ccc(C(C)(C)C)cc4-c4ccccc4)c4cc(N6c7ccc(C(C)(C)C)cc7C7(c8ccccc8)CCCCC67C)cc2c43)C(C)(C)CCC5(C)C)c1. The van der Waals surface area contributed by atoms with E-state index in [0.29, 0.717) is 0 Å². The van der Waals surface area contributed by atoms with Crippen LogP contribution in [0.3, 0.4) is 0 Å². The van der Waals surface area contributed by atoms with Crippen LogP contribution in [0.2, 0.25) is 0 Å². The molecule has 13 rings (SSSR count). The standard InChI is InChI=1S/C79H90BN3/c1-72(2,3)53-31-26-32-57(43-53)81-67-46-56(75(10,11)12)33-36-63(67)80-64-49-60-61(77(15,16)42-41-76(60,13)14)50-68(64)82(65-37-34-54(73(4,5)6)44-59(65)51-27-20-18-21-28-51)70-48-58(47-69(81)71(70)80)83-66-38-35-55(74(7,8)9)45-62(66)79(52-29-22-19-23-30-52)40-25-24-39-78(79,83)17/h18-23,26-38,43-50H,24-25,39-42H2,1-17H3. The number of hydrogen-bond acceptors (Lipinski definition) is 3. The zero-order chi connectivity index (χ0) is 58.8. The minimum absolute atomic E-state index is 0.00491. The van der Waals surface area contributed by atoms with Gasteiger partial charge in [-0.15, -0.1) is 0 Å². The maximum atomic E-state index is 2.88. The quantitative estimate of drug-likeness (QED) is 0.159. The second kappa shape index (κ2) is 18.6. The Labute approximate surface area is 499 Å². The van der Waals surface area contributed by atoms with Crippen molar-refractivity contribution in [2.75, 3.05) is 14.7 Å². The lowest BCUT2D eigenvalue weighted by molar-refractivity contribution is 0.215. The monoisotopic (exact) mass is 1090 g/mol. The van der Waals surface area contributed by atoms with E-state index in [0.717, 1.165) is 25.7 Å². The summed E-state index contributed by atoms with van der Waals surface area (Å²) in [6.07, 6.45) is 6.82. The fourth-order valence-electron chi connectivity index (χ4n) is 16.0. The van der Waals surface area contributed by atoms with Gasteiger partial charge in [0.05, 0.1) is 11.2 Å². The first kappa shape index (κ1) is 55.4. The van der Waals surface area contributed by atoms with Crippen molar-refractivity contribution in [2.24, 2.45) is 0 Å². The van der Waals surface area contributed by atoms with Gasteiger partial charge in [0, 0.05) is 50.8 Å². The largest absolute Gasteiger partial charge is 0.334 e. The molecule has 0 radical (unpaired) electrons. The van der Waals surface area contributed by atoms with Gasteiger partial charge >= 0.3 is 0 Å². The third-order valence-corrected chi connectivity index (χ3v) is 21.0. The number of anilines is 8. The number of rotatable bonds is 5. The predicted molar refractivity (Wildman–Crippen MR) is 359 cm³/mol. The van der Waals surface area contributed by atoms with E-state index in [9.17, 15) is 0 Å². The van der Waals surface area contributed by atoms with E-state index in [1.54, 1.807) is 0 Å². The fourth-order valence-corrected chi connectivity index (χ4v) is 16.0. The predicted octanol–water partition coefficient (Wildman–Crippen LogP) is 19.7. The Kier molecular flexibility index (Phi) is 12.4. The summed E-state index contributed by atoms with van der Waals surface area (Å²) in [6.45, 7) is 41.1. The molecule has 0 saturated heterocycles. The lowest BCUT2D eigenvalue weighted by atomic mass is 9.33. The molecule has 5 aliphatic rings. The third-order valence-electron chi connectivity index (χ3n) is 21.0. The average molecular weight is 1090 g/mol. The van der Waals surface area contributed by atoms with E-state index in [4.69, 9.17) is 0 Å². The summed E-state index contributed by atoms with van der Waals surface area (Å²) in [7, 11) is 0. The maximum absolute atomic E-state index is 2.88. The molecule has 4 heteroatoms. The Hall–Kier alpha value is -6.78. The van der Waals surface area contributed by atoms with E-state index < -0.39 is 0 Å². The van der Waals surface area contributed by atoms with Gasteiger partial charge in [-0.25, -0.2) is 0 Å². The summed E-state index contributed by atoms with van der Waals surface area (Å²) in [5.74, 6) is 0. The molecule has 424 valence electrons. The summed E-state index contributed by atoms with van der Waals surface area (Å²) in [5.41, 5.74) is 27.2. The van der Waals surface area contributed by atoms with Gasteiger partial charge in [-0.05, 0) is 186 Å². The van der Waals surface area contributed by atoms with Crippen LogP contribution in [0.5, 0.6) is 0 Å². The molecule has 0 bridgehead atoms. The van der Waals surface area contributed by atoms with Crippen LogP contribution in [0.4, 0.5) is 45.5 Å². The summed E-state index contributed by atoms with van der Waals surface area (Å²) in [6, 6.07) is 65.9. The molecule has 1 saturated carbocycles. The highest BCUT2D eigenvalue weighted by Gasteiger charge is 2.62. The molecule has 3 aliphatic heterocycles. The molecule has 0 spiro atoms. The molecule has 2 aliphatic carbocycles. The molecule has 83 heavy (non-hydrogen) atoms.